The molecule has 84 valence electrons. The zero-order chi connectivity index (χ0) is 11.5. The lowest BCUT2D eigenvalue weighted by molar-refractivity contribution is 0.284. The summed E-state index contributed by atoms with van der Waals surface area (Å²) in [7, 11) is 0. The summed E-state index contributed by atoms with van der Waals surface area (Å²) in [5.41, 5.74) is 5.93. The fourth-order valence-corrected chi connectivity index (χ4v) is 1.48. The number of benzene rings is 1. The Kier molecular flexibility index (Phi) is 2.95. The Morgan fingerprint density at radius 1 is 1.38 bits per heavy atom. The molecule has 1 aromatic carbocycles. The Labute approximate surface area is 93.8 Å². The van der Waals surface area contributed by atoms with E-state index in [0.717, 1.165) is 29.7 Å². The molecular weight excluding hydrogens is 236 g/mol. The maximum Gasteiger partial charge on any atom is 0.165 e. The third-order valence-corrected chi connectivity index (χ3v) is 2.44. The molecule has 0 aliphatic carbocycles. The number of rotatable bonds is 3. The van der Waals surface area contributed by atoms with Crippen LogP contribution in [0.1, 0.15) is 5.69 Å². The molecule has 4 nitrogen and oxygen atoms in total. The maximum absolute atomic E-state index is 13.1. The summed E-state index contributed by atoms with van der Waals surface area (Å²) in [5, 5.41) is 4.09. The van der Waals surface area contributed by atoms with E-state index in [-0.39, 0.29) is 12.4 Å². The molecule has 0 fully saturated rings. The standard InChI is InChI=1S/C9H7F2N3OS/c10-5-1-2-6(11)8(3-5)15-4-7-9(12)16-14-13-7/h1-3H,4,12H2. The van der Waals surface area contributed by atoms with Gasteiger partial charge in [-0.1, -0.05) is 4.49 Å². The van der Waals surface area contributed by atoms with Crippen molar-refractivity contribution in [3.63, 3.8) is 0 Å². The summed E-state index contributed by atoms with van der Waals surface area (Å²) < 4.78 is 34.6. The molecule has 2 rings (SSSR count). The van der Waals surface area contributed by atoms with Gasteiger partial charge in [0.25, 0.3) is 0 Å². The van der Waals surface area contributed by atoms with Gasteiger partial charge in [-0.25, -0.2) is 8.78 Å². The molecule has 0 atom stereocenters. The normalized spacial score (nSPS) is 10.4. The van der Waals surface area contributed by atoms with E-state index in [9.17, 15) is 8.78 Å². The van der Waals surface area contributed by atoms with Crippen molar-refractivity contribution >= 4 is 16.5 Å². The molecule has 0 aliphatic heterocycles. The van der Waals surface area contributed by atoms with Crippen molar-refractivity contribution in [3.05, 3.63) is 35.5 Å². The zero-order valence-corrected chi connectivity index (χ0v) is 8.80. The van der Waals surface area contributed by atoms with E-state index >= 15 is 0 Å². The highest BCUT2D eigenvalue weighted by Crippen LogP contribution is 2.20. The fourth-order valence-electron chi connectivity index (χ4n) is 1.05. The Bertz CT molecular complexity index is 503. The second-order valence-electron chi connectivity index (χ2n) is 2.95. The highest BCUT2D eigenvalue weighted by molar-refractivity contribution is 7.09. The first-order valence-electron chi connectivity index (χ1n) is 4.31. The van der Waals surface area contributed by atoms with Gasteiger partial charge in [-0.15, -0.1) is 5.10 Å². The second-order valence-corrected chi connectivity index (χ2v) is 3.73. The van der Waals surface area contributed by atoms with Crippen LogP contribution in [0.25, 0.3) is 0 Å². The van der Waals surface area contributed by atoms with Crippen LogP contribution in [0.4, 0.5) is 13.8 Å². The molecule has 2 aromatic rings. The van der Waals surface area contributed by atoms with Crippen LogP contribution in [-0.2, 0) is 6.61 Å². The third-order valence-electron chi connectivity index (χ3n) is 1.84. The van der Waals surface area contributed by atoms with Crippen LogP contribution in [0.5, 0.6) is 5.75 Å². The van der Waals surface area contributed by atoms with Gasteiger partial charge in [-0.05, 0) is 12.1 Å². The lowest BCUT2D eigenvalue weighted by Crippen LogP contribution is -2.00. The summed E-state index contributed by atoms with van der Waals surface area (Å²) in [6.07, 6.45) is 0. The molecular formula is C9H7F2N3OS. The largest absolute Gasteiger partial charge is 0.484 e. The van der Waals surface area contributed by atoms with E-state index in [0.29, 0.717) is 10.7 Å². The number of aromatic nitrogens is 2. The predicted octanol–water partition coefficient (Wildman–Crippen LogP) is 1.98. The van der Waals surface area contributed by atoms with Crippen LogP contribution in [0.3, 0.4) is 0 Å². The van der Waals surface area contributed by atoms with Crippen LogP contribution in [0, 0.1) is 11.6 Å². The van der Waals surface area contributed by atoms with Gasteiger partial charge in [0.15, 0.2) is 11.6 Å². The zero-order valence-electron chi connectivity index (χ0n) is 7.98. The van der Waals surface area contributed by atoms with Crippen molar-refractivity contribution in [1.29, 1.82) is 0 Å². The summed E-state index contributed by atoms with van der Waals surface area (Å²) in [5.74, 6) is -1.38. The number of hydrogen-bond donors (Lipinski definition) is 1. The van der Waals surface area contributed by atoms with E-state index < -0.39 is 11.6 Å². The van der Waals surface area contributed by atoms with Gasteiger partial charge in [-0.2, -0.15) is 0 Å². The number of ether oxygens (including phenoxy) is 1. The number of anilines is 1. The molecule has 1 aromatic heterocycles. The predicted molar refractivity (Wildman–Crippen MR) is 55.0 cm³/mol. The SMILES string of the molecule is Nc1snnc1COc1cc(F)ccc1F. The van der Waals surface area contributed by atoms with E-state index in [2.05, 4.69) is 9.59 Å². The lowest BCUT2D eigenvalue weighted by atomic mass is 10.3. The summed E-state index contributed by atoms with van der Waals surface area (Å²) in [6.45, 7) is -0.0390. The van der Waals surface area contributed by atoms with Crippen LogP contribution in [0.2, 0.25) is 0 Å². The topological polar surface area (TPSA) is 61.0 Å². The highest BCUT2D eigenvalue weighted by atomic mass is 32.1. The number of nitrogen functional groups attached to an aromatic ring is 1. The average molecular weight is 243 g/mol. The van der Waals surface area contributed by atoms with Crippen molar-refractivity contribution < 1.29 is 13.5 Å². The van der Waals surface area contributed by atoms with Gasteiger partial charge in [0.1, 0.15) is 23.1 Å². The van der Waals surface area contributed by atoms with Crippen molar-refractivity contribution in [3.8, 4) is 5.75 Å². The lowest BCUT2D eigenvalue weighted by Gasteiger charge is -2.05. The number of nitrogens with zero attached hydrogens (tertiary/aromatic N) is 2. The Morgan fingerprint density at radius 3 is 2.88 bits per heavy atom. The minimum absolute atomic E-state index is 0.0390. The van der Waals surface area contributed by atoms with E-state index in [1.54, 1.807) is 0 Å². The average Bonchev–Trinajstić information content (AvgIpc) is 2.66. The summed E-state index contributed by atoms with van der Waals surface area (Å²) in [4.78, 5) is 0. The highest BCUT2D eigenvalue weighted by Gasteiger charge is 2.08. The molecule has 2 N–H and O–H groups in total. The fraction of sp³-hybridized carbons (Fsp3) is 0.111. The van der Waals surface area contributed by atoms with Crippen LogP contribution in [0.15, 0.2) is 18.2 Å². The minimum Gasteiger partial charge on any atom is -0.484 e. The van der Waals surface area contributed by atoms with Gasteiger partial charge in [-0.3, -0.25) is 0 Å². The molecule has 0 radical (unpaired) electrons. The minimum atomic E-state index is -0.636. The van der Waals surface area contributed by atoms with Crippen molar-refractivity contribution in [2.75, 3.05) is 5.73 Å². The molecule has 0 saturated heterocycles. The van der Waals surface area contributed by atoms with E-state index in [1.807, 2.05) is 0 Å². The van der Waals surface area contributed by atoms with Crippen LogP contribution >= 0.6 is 11.5 Å². The first kappa shape index (κ1) is 10.7. The van der Waals surface area contributed by atoms with Gasteiger partial charge in [0, 0.05) is 17.6 Å². The molecule has 0 bridgehead atoms. The number of halogens is 2. The Hall–Kier alpha value is -1.76. The van der Waals surface area contributed by atoms with Crippen molar-refractivity contribution in [2.24, 2.45) is 0 Å². The van der Waals surface area contributed by atoms with Crippen molar-refractivity contribution in [1.82, 2.24) is 9.59 Å². The van der Waals surface area contributed by atoms with E-state index in [1.165, 1.54) is 0 Å². The smallest absolute Gasteiger partial charge is 0.165 e. The quantitative estimate of drug-likeness (QED) is 0.895. The Balaban J connectivity index is 2.10. The monoisotopic (exact) mass is 243 g/mol. The van der Waals surface area contributed by atoms with Crippen molar-refractivity contribution in [2.45, 2.75) is 6.61 Å². The van der Waals surface area contributed by atoms with Crippen LogP contribution < -0.4 is 10.5 Å². The molecule has 0 spiro atoms. The second kappa shape index (κ2) is 4.40. The van der Waals surface area contributed by atoms with E-state index in [4.69, 9.17) is 10.5 Å². The number of hydrogen-bond acceptors (Lipinski definition) is 5. The summed E-state index contributed by atoms with van der Waals surface area (Å²) in [6, 6.07) is 2.97. The molecule has 0 unspecified atom stereocenters. The molecule has 0 aliphatic rings. The maximum atomic E-state index is 13.1. The molecule has 1 heterocycles. The van der Waals surface area contributed by atoms with Gasteiger partial charge < -0.3 is 10.5 Å². The number of nitrogens with two attached hydrogens (primary N) is 1. The van der Waals surface area contributed by atoms with Gasteiger partial charge >= 0.3 is 0 Å². The molecule has 0 saturated carbocycles. The van der Waals surface area contributed by atoms with Gasteiger partial charge in [0.05, 0.1) is 0 Å². The Morgan fingerprint density at radius 2 is 2.19 bits per heavy atom. The molecule has 7 heteroatoms. The van der Waals surface area contributed by atoms with Crippen LogP contribution in [-0.4, -0.2) is 9.59 Å². The molecule has 16 heavy (non-hydrogen) atoms. The first-order valence-corrected chi connectivity index (χ1v) is 5.08. The first-order chi connectivity index (χ1) is 7.66. The third kappa shape index (κ3) is 2.25. The molecule has 0 amide bonds. The summed E-state index contributed by atoms with van der Waals surface area (Å²) >= 11 is 1.02. The van der Waals surface area contributed by atoms with Gasteiger partial charge in [0.2, 0.25) is 0 Å².